The fourth-order valence-electron chi connectivity index (χ4n) is 2.98. The number of likely N-dealkylation sites (tertiary alicyclic amines) is 1. The van der Waals surface area contributed by atoms with E-state index in [0.717, 1.165) is 44.2 Å². The van der Waals surface area contributed by atoms with Crippen LogP contribution in [0.1, 0.15) is 31.5 Å². The molecule has 0 radical (unpaired) electrons. The van der Waals surface area contributed by atoms with Crippen molar-refractivity contribution in [3.05, 3.63) is 18.2 Å². The van der Waals surface area contributed by atoms with Gasteiger partial charge < -0.3 is 14.8 Å². The highest BCUT2D eigenvalue weighted by molar-refractivity contribution is 5.78. The fraction of sp³-hybridized carbons (Fsp3) is 0.733. The fourth-order valence-corrected chi connectivity index (χ4v) is 2.98. The standard InChI is InChI=1S/C15H24N4O/c1-12-17-6-8-18(12)11-14-3-2-7-19(14)15(20)10-16-9-13-4-5-13/h6,8,13-14,16H,2-5,7,9-11H2,1H3. The molecule has 1 aliphatic carbocycles. The Labute approximate surface area is 120 Å². The van der Waals surface area contributed by atoms with Gasteiger partial charge in [0.05, 0.1) is 6.54 Å². The SMILES string of the molecule is Cc1nccn1CC1CCCN1C(=O)CNCC1CC1. The number of hydrogen-bond acceptors (Lipinski definition) is 3. The van der Waals surface area contributed by atoms with E-state index in [1.807, 2.05) is 19.3 Å². The molecule has 5 nitrogen and oxygen atoms in total. The summed E-state index contributed by atoms with van der Waals surface area (Å²) >= 11 is 0. The van der Waals surface area contributed by atoms with E-state index in [4.69, 9.17) is 0 Å². The molecule has 1 unspecified atom stereocenters. The van der Waals surface area contributed by atoms with Gasteiger partial charge in [-0.3, -0.25) is 4.79 Å². The molecule has 1 N–H and O–H groups in total. The number of hydrogen-bond donors (Lipinski definition) is 1. The Bertz CT molecular complexity index is 466. The van der Waals surface area contributed by atoms with Gasteiger partial charge in [-0.25, -0.2) is 4.98 Å². The smallest absolute Gasteiger partial charge is 0.236 e. The van der Waals surface area contributed by atoms with Gasteiger partial charge in [-0.1, -0.05) is 0 Å². The summed E-state index contributed by atoms with van der Waals surface area (Å²) < 4.78 is 2.15. The zero-order chi connectivity index (χ0) is 13.9. The molecule has 20 heavy (non-hydrogen) atoms. The largest absolute Gasteiger partial charge is 0.337 e. The van der Waals surface area contributed by atoms with Crippen LogP contribution in [-0.2, 0) is 11.3 Å². The third-order valence-electron chi connectivity index (χ3n) is 4.43. The van der Waals surface area contributed by atoms with Crippen LogP contribution in [0.15, 0.2) is 12.4 Å². The summed E-state index contributed by atoms with van der Waals surface area (Å²) in [4.78, 5) is 18.6. The minimum absolute atomic E-state index is 0.255. The zero-order valence-electron chi connectivity index (χ0n) is 12.2. The van der Waals surface area contributed by atoms with E-state index < -0.39 is 0 Å². The summed E-state index contributed by atoms with van der Waals surface area (Å²) in [6.45, 7) is 5.29. The number of amides is 1. The lowest BCUT2D eigenvalue weighted by Gasteiger charge is -2.25. The molecule has 3 rings (SSSR count). The first-order valence-electron chi connectivity index (χ1n) is 7.72. The van der Waals surface area contributed by atoms with Crippen molar-refractivity contribution in [2.75, 3.05) is 19.6 Å². The normalized spacial score (nSPS) is 22.4. The summed E-state index contributed by atoms with van der Waals surface area (Å²) in [6, 6.07) is 0.332. The Balaban J connectivity index is 1.51. The molecule has 1 aromatic rings. The third kappa shape index (κ3) is 3.20. The molecule has 0 aromatic carbocycles. The minimum atomic E-state index is 0.255. The van der Waals surface area contributed by atoms with Crippen molar-refractivity contribution < 1.29 is 4.79 Å². The van der Waals surface area contributed by atoms with Crippen LogP contribution < -0.4 is 5.32 Å². The van der Waals surface area contributed by atoms with Crippen LogP contribution in [-0.4, -0.2) is 46.0 Å². The van der Waals surface area contributed by atoms with Crippen molar-refractivity contribution in [3.8, 4) is 0 Å². The molecular formula is C15H24N4O. The van der Waals surface area contributed by atoms with Crippen LogP contribution in [0.5, 0.6) is 0 Å². The Morgan fingerprint density at radius 3 is 3.00 bits per heavy atom. The molecule has 2 aliphatic rings. The van der Waals surface area contributed by atoms with Crippen LogP contribution >= 0.6 is 0 Å². The Morgan fingerprint density at radius 1 is 1.45 bits per heavy atom. The average Bonchev–Trinajstić information content (AvgIpc) is 2.99. The number of nitrogens with zero attached hydrogens (tertiary/aromatic N) is 3. The first kappa shape index (κ1) is 13.6. The topological polar surface area (TPSA) is 50.2 Å². The van der Waals surface area contributed by atoms with E-state index in [1.54, 1.807) is 0 Å². The average molecular weight is 276 g/mol. The summed E-state index contributed by atoms with van der Waals surface area (Å²) in [5.74, 6) is 2.10. The van der Waals surface area contributed by atoms with Crippen molar-refractivity contribution in [2.24, 2.45) is 5.92 Å². The molecule has 0 spiro atoms. The van der Waals surface area contributed by atoms with Crippen molar-refractivity contribution in [1.82, 2.24) is 19.8 Å². The minimum Gasteiger partial charge on any atom is -0.337 e. The summed E-state index contributed by atoms with van der Waals surface area (Å²) in [5, 5.41) is 3.30. The maximum atomic E-state index is 12.3. The van der Waals surface area contributed by atoms with Crippen LogP contribution in [0.3, 0.4) is 0 Å². The first-order valence-corrected chi connectivity index (χ1v) is 7.72. The second kappa shape index (κ2) is 5.95. The summed E-state index contributed by atoms with van der Waals surface area (Å²) in [7, 11) is 0. The van der Waals surface area contributed by atoms with Gasteiger partial charge in [0.1, 0.15) is 5.82 Å². The number of imidazole rings is 1. The first-order chi connectivity index (χ1) is 9.74. The third-order valence-corrected chi connectivity index (χ3v) is 4.43. The summed E-state index contributed by atoms with van der Waals surface area (Å²) in [5.41, 5.74) is 0. The van der Waals surface area contributed by atoms with Gasteiger partial charge in [0.25, 0.3) is 0 Å². The number of carbonyl (C=O) groups excluding carboxylic acids is 1. The number of nitrogens with one attached hydrogen (secondary N) is 1. The van der Waals surface area contributed by atoms with Gasteiger partial charge >= 0.3 is 0 Å². The molecule has 5 heteroatoms. The molecule has 0 bridgehead atoms. The van der Waals surface area contributed by atoms with Crippen molar-refractivity contribution in [2.45, 2.75) is 45.2 Å². The lowest BCUT2D eigenvalue weighted by Crippen LogP contribution is -2.43. The molecule has 2 heterocycles. The Kier molecular flexibility index (Phi) is 4.05. The van der Waals surface area contributed by atoms with Crippen LogP contribution in [0.2, 0.25) is 0 Å². The number of aromatic nitrogens is 2. The van der Waals surface area contributed by atoms with Gasteiger partial charge in [0.15, 0.2) is 0 Å². The molecule has 1 amide bonds. The molecule has 1 aromatic heterocycles. The Hall–Kier alpha value is -1.36. The van der Waals surface area contributed by atoms with Gasteiger partial charge in [-0.05, 0) is 45.1 Å². The number of rotatable bonds is 6. The van der Waals surface area contributed by atoms with Gasteiger partial charge in [0, 0.05) is 31.5 Å². The van der Waals surface area contributed by atoms with Crippen molar-refractivity contribution in [3.63, 3.8) is 0 Å². The van der Waals surface area contributed by atoms with Crippen molar-refractivity contribution >= 4 is 5.91 Å². The molecule has 110 valence electrons. The van der Waals surface area contributed by atoms with E-state index in [0.29, 0.717) is 12.6 Å². The van der Waals surface area contributed by atoms with Crippen molar-refractivity contribution in [1.29, 1.82) is 0 Å². The number of aryl methyl sites for hydroxylation is 1. The van der Waals surface area contributed by atoms with Crippen LogP contribution in [0.4, 0.5) is 0 Å². The van der Waals surface area contributed by atoms with E-state index >= 15 is 0 Å². The maximum Gasteiger partial charge on any atom is 0.236 e. The molecular weight excluding hydrogens is 252 g/mol. The second-order valence-corrected chi connectivity index (χ2v) is 6.08. The lowest BCUT2D eigenvalue weighted by atomic mass is 10.2. The quantitative estimate of drug-likeness (QED) is 0.849. The maximum absolute atomic E-state index is 12.3. The van der Waals surface area contributed by atoms with Gasteiger partial charge in [0.2, 0.25) is 5.91 Å². The van der Waals surface area contributed by atoms with E-state index in [2.05, 4.69) is 19.8 Å². The highest BCUT2D eigenvalue weighted by Gasteiger charge is 2.29. The highest BCUT2D eigenvalue weighted by Crippen LogP contribution is 2.27. The monoisotopic (exact) mass is 276 g/mol. The number of carbonyl (C=O) groups is 1. The van der Waals surface area contributed by atoms with Crippen LogP contribution in [0.25, 0.3) is 0 Å². The zero-order valence-corrected chi connectivity index (χ0v) is 12.2. The molecule has 1 saturated carbocycles. The predicted octanol–water partition coefficient (Wildman–Crippen LogP) is 1.18. The predicted molar refractivity (Wildman–Crippen MR) is 77.3 cm³/mol. The second-order valence-electron chi connectivity index (χ2n) is 6.08. The highest BCUT2D eigenvalue weighted by atomic mass is 16.2. The van der Waals surface area contributed by atoms with Gasteiger partial charge in [-0.2, -0.15) is 0 Å². The van der Waals surface area contributed by atoms with Gasteiger partial charge in [-0.15, -0.1) is 0 Å². The van der Waals surface area contributed by atoms with E-state index in [-0.39, 0.29) is 5.91 Å². The molecule has 2 fully saturated rings. The lowest BCUT2D eigenvalue weighted by molar-refractivity contribution is -0.131. The Morgan fingerprint density at radius 2 is 2.30 bits per heavy atom. The molecule has 1 aliphatic heterocycles. The van der Waals surface area contributed by atoms with E-state index in [1.165, 1.54) is 12.8 Å². The summed E-state index contributed by atoms with van der Waals surface area (Å²) in [6.07, 6.45) is 8.70. The van der Waals surface area contributed by atoms with E-state index in [9.17, 15) is 4.79 Å². The van der Waals surface area contributed by atoms with Crippen LogP contribution in [0, 0.1) is 12.8 Å². The molecule has 1 saturated heterocycles. The molecule has 1 atom stereocenters.